The van der Waals surface area contributed by atoms with Gasteiger partial charge in [-0.25, -0.2) is 4.21 Å². The van der Waals surface area contributed by atoms with E-state index < -0.39 is 0 Å². The van der Waals surface area contributed by atoms with Crippen molar-refractivity contribution >= 4 is 27.7 Å². The minimum atomic E-state index is 0.224. The van der Waals surface area contributed by atoms with Gasteiger partial charge in [-0.05, 0) is 64.4 Å². The highest BCUT2D eigenvalue weighted by Crippen LogP contribution is 2.49. The van der Waals surface area contributed by atoms with Crippen molar-refractivity contribution in [1.82, 2.24) is 4.90 Å². The fourth-order valence-electron chi connectivity index (χ4n) is 3.56. The zero-order chi connectivity index (χ0) is 15.5. The Bertz CT molecular complexity index is 530. The first kappa shape index (κ1) is 16.7. The first-order valence-electron chi connectivity index (χ1n) is 7.54. The largest absolute Gasteiger partial charge is 0.306 e. The third-order valence-corrected chi connectivity index (χ3v) is 5.58. The molecule has 1 saturated carbocycles. The summed E-state index contributed by atoms with van der Waals surface area (Å²) in [4.78, 5) is 3.31. The molecule has 0 bridgehead atoms. The number of likely N-dealkylation sites (N-methyl/N-ethyl adjacent to an activating group) is 1. The van der Waals surface area contributed by atoms with Gasteiger partial charge in [-0.1, -0.05) is 30.2 Å². The second-order valence-electron chi connectivity index (χ2n) is 6.32. The van der Waals surface area contributed by atoms with Crippen LogP contribution in [0, 0.1) is 0 Å². The summed E-state index contributed by atoms with van der Waals surface area (Å²) >= 11 is 6.68. The average molecular weight is 326 g/mol. The lowest BCUT2D eigenvalue weighted by Crippen LogP contribution is -2.52. The third kappa shape index (κ3) is 3.58. The predicted molar refractivity (Wildman–Crippen MR) is 92.5 cm³/mol. The van der Waals surface area contributed by atoms with Gasteiger partial charge in [-0.2, -0.15) is 0 Å². The van der Waals surface area contributed by atoms with Gasteiger partial charge in [0.05, 0.1) is 11.3 Å². The van der Waals surface area contributed by atoms with Crippen LogP contribution in [-0.2, 0) is 16.7 Å². The van der Waals surface area contributed by atoms with Gasteiger partial charge >= 0.3 is 0 Å². The maximum absolute atomic E-state index is 10.9. The van der Waals surface area contributed by atoms with Crippen molar-refractivity contribution in [1.29, 1.82) is 0 Å². The molecule has 21 heavy (non-hydrogen) atoms. The first-order valence-corrected chi connectivity index (χ1v) is 8.66. The van der Waals surface area contributed by atoms with Crippen molar-refractivity contribution in [3.63, 3.8) is 0 Å². The highest BCUT2D eigenvalue weighted by Gasteiger charge is 2.45. The predicted octanol–water partition coefficient (Wildman–Crippen LogP) is 3.88. The van der Waals surface area contributed by atoms with E-state index in [4.69, 9.17) is 11.6 Å². The van der Waals surface area contributed by atoms with E-state index in [0.717, 1.165) is 22.7 Å². The second-order valence-corrected chi connectivity index (χ2v) is 7.62. The molecule has 1 unspecified atom stereocenters. The number of halogens is 1. The van der Waals surface area contributed by atoms with Crippen LogP contribution in [0.3, 0.4) is 0 Å². The van der Waals surface area contributed by atoms with Crippen LogP contribution < -0.4 is 0 Å². The van der Waals surface area contributed by atoms with Crippen LogP contribution in [0.25, 0.3) is 0 Å². The first-order chi connectivity index (χ1) is 9.99. The van der Waals surface area contributed by atoms with E-state index in [-0.39, 0.29) is 5.41 Å². The van der Waals surface area contributed by atoms with Gasteiger partial charge in [0.1, 0.15) is 0 Å². The topological polar surface area (TPSA) is 20.3 Å². The van der Waals surface area contributed by atoms with Crippen molar-refractivity contribution in [3.05, 3.63) is 34.9 Å². The van der Waals surface area contributed by atoms with Gasteiger partial charge in [-0.3, -0.25) is 0 Å². The summed E-state index contributed by atoms with van der Waals surface area (Å²) < 4.78 is 10.9. The Balaban J connectivity index is 2.26. The fourth-order valence-corrected chi connectivity index (χ4v) is 3.89. The molecule has 0 aromatic heterocycles. The van der Waals surface area contributed by atoms with E-state index in [9.17, 15) is 4.21 Å². The molecule has 0 heterocycles. The molecule has 1 fully saturated rings. The average Bonchev–Trinajstić information content (AvgIpc) is 2.42. The normalized spacial score (nSPS) is 18.1. The van der Waals surface area contributed by atoms with Crippen molar-refractivity contribution in [3.8, 4) is 0 Å². The van der Waals surface area contributed by atoms with Crippen molar-refractivity contribution < 1.29 is 4.21 Å². The Morgan fingerprint density at radius 2 is 1.95 bits per heavy atom. The lowest BCUT2D eigenvalue weighted by Gasteiger charge is -2.51. The Kier molecular flexibility index (Phi) is 5.64. The van der Waals surface area contributed by atoms with Crippen molar-refractivity contribution in [2.45, 2.75) is 50.5 Å². The number of nitrogens with zero attached hydrogens (tertiary/aromatic N) is 1. The summed E-state index contributed by atoms with van der Waals surface area (Å²) in [7, 11) is 4.31. The van der Waals surface area contributed by atoms with Crippen LogP contribution in [0.4, 0.5) is 0 Å². The lowest BCUT2D eigenvalue weighted by atomic mass is 9.59. The lowest BCUT2D eigenvalue weighted by molar-refractivity contribution is 0.0916. The fraction of sp³-hybridized carbons (Fsp3) is 0.588. The highest BCUT2D eigenvalue weighted by molar-refractivity contribution is 7.66. The molecule has 0 N–H and O–H groups in total. The molecule has 1 aromatic carbocycles. The van der Waals surface area contributed by atoms with Gasteiger partial charge in [0.15, 0.2) is 0 Å². The van der Waals surface area contributed by atoms with Gasteiger partial charge in [0.25, 0.3) is 0 Å². The molecule has 0 amide bonds. The van der Waals surface area contributed by atoms with Crippen LogP contribution in [0.15, 0.2) is 24.3 Å². The molecule has 0 radical (unpaired) electrons. The SMILES string of the molecule is CC(CCC(N(C)C)C1(c2ccc(Cl)cc2)CCC1)=S=O. The van der Waals surface area contributed by atoms with Gasteiger partial charge in [0.2, 0.25) is 0 Å². The molecule has 2 rings (SSSR count). The monoisotopic (exact) mass is 325 g/mol. The molecular weight excluding hydrogens is 302 g/mol. The molecule has 1 aliphatic carbocycles. The molecule has 116 valence electrons. The molecule has 0 aliphatic heterocycles. The quantitative estimate of drug-likeness (QED) is 0.740. The number of benzene rings is 1. The summed E-state index contributed by atoms with van der Waals surface area (Å²) in [5, 5.41) is 0.793. The van der Waals surface area contributed by atoms with Crippen molar-refractivity contribution in [2.75, 3.05) is 14.1 Å². The van der Waals surface area contributed by atoms with E-state index in [1.54, 1.807) is 0 Å². The maximum Gasteiger partial charge on any atom is 0.0873 e. The Labute approximate surface area is 136 Å². The molecule has 0 saturated heterocycles. The summed E-state index contributed by atoms with van der Waals surface area (Å²) in [6, 6.07) is 8.81. The molecule has 1 aliphatic rings. The molecule has 0 spiro atoms. The van der Waals surface area contributed by atoms with Crippen LogP contribution in [0.5, 0.6) is 0 Å². The van der Waals surface area contributed by atoms with E-state index in [1.807, 2.05) is 19.1 Å². The van der Waals surface area contributed by atoms with Crippen LogP contribution >= 0.6 is 11.6 Å². The summed E-state index contributed by atoms with van der Waals surface area (Å²) in [5.74, 6) is 0. The van der Waals surface area contributed by atoms with Gasteiger partial charge in [0, 0.05) is 21.3 Å². The molecule has 1 aromatic rings. The molecule has 4 heteroatoms. The summed E-state index contributed by atoms with van der Waals surface area (Å²) in [5.41, 5.74) is 1.62. The zero-order valence-electron chi connectivity index (χ0n) is 13.1. The van der Waals surface area contributed by atoms with Crippen molar-refractivity contribution in [2.24, 2.45) is 0 Å². The van der Waals surface area contributed by atoms with E-state index in [2.05, 4.69) is 31.1 Å². The minimum Gasteiger partial charge on any atom is -0.306 e. The van der Waals surface area contributed by atoms with Gasteiger partial charge in [-0.15, -0.1) is 0 Å². The standard InChI is InChI=1S/C17H24ClNOS/c1-13(21-20)5-10-16(19(2)3)17(11-4-12-17)14-6-8-15(18)9-7-14/h6-9,16H,4-5,10-12H2,1-3H3. The Hall–Kier alpha value is -0.640. The maximum atomic E-state index is 10.9. The molecule has 2 nitrogen and oxygen atoms in total. The summed E-state index contributed by atoms with van der Waals surface area (Å²) in [6.07, 6.45) is 5.66. The Morgan fingerprint density at radius 1 is 1.33 bits per heavy atom. The van der Waals surface area contributed by atoms with E-state index in [0.29, 0.717) is 17.3 Å². The van der Waals surface area contributed by atoms with Crippen LogP contribution in [0.1, 0.15) is 44.6 Å². The second kappa shape index (κ2) is 7.08. The smallest absolute Gasteiger partial charge is 0.0873 e. The highest BCUT2D eigenvalue weighted by atomic mass is 35.5. The molecular formula is C17H24ClNOS. The van der Waals surface area contributed by atoms with E-state index >= 15 is 0 Å². The van der Waals surface area contributed by atoms with Gasteiger partial charge < -0.3 is 4.90 Å². The minimum absolute atomic E-state index is 0.224. The van der Waals surface area contributed by atoms with Crippen LogP contribution in [-0.4, -0.2) is 34.1 Å². The third-order valence-electron chi connectivity index (χ3n) is 4.84. The summed E-state index contributed by atoms with van der Waals surface area (Å²) in [6.45, 7) is 1.94. The number of hydrogen-bond acceptors (Lipinski definition) is 2. The van der Waals surface area contributed by atoms with Crippen LogP contribution in [0.2, 0.25) is 5.02 Å². The molecule has 1 atom stereocenters. The van der Waals surface area contributed by atoms with E-state index in [1.165, 1.54) is 24.8 Å². The number of hydrogen-bond donors (Lipinski definition) is 0. The Morgan fingerprint density at radius 3 is 2.38 bits per heavy atom. The zero-order valence-corrected chi connectivity index (χ0v) is 14.6. The number of rotatable bonds is 6.